The van der Waals surface area contributed by atoms with Gasteiger partial charge in [-0.1, -0.05) is 19.1 Å². The molecule has 110 valence electrons. The lowest BCUT2D eigenvalue weighted by atomic mass is 10.2. The summed E-state index contributed by atoms with van der Waals surface area (Å²) in [6.07, 6.45) is 2.58. The quantitative estimate of drug-likeness (QED) is 0.855. The number of ether oxygens (including phenoxy) is 1. The number of rotatable bonds is 6. The van der Waals surface area contributed by atoms with Crippen LogP contribution in [0.4, 0.5) is 11.5 Å². The monoisotopic (exact) mass is 285 g/mol. The fourth-order valence-corrected chi connectivity index (χ4v) is 1.83. The fraction of sp³-hybridized carbons (Fsp3) is 0.250. The maximum Gasteiger partial charge on any atom is 0.257 e. The molecular weight excluding hydrogens is 266 g/mol. The number of carbonyl (C=O) groups is 1. The molecule has 0 radical (unpaired) electrons. The smallest absolute Gasteiger partial charge is 0.257 e. The second-order valence-electron chi connectivity index (χ2n) is 4.51. The summed E-state index contributed by atoms with van der Waals surface area (Å²) in [6, 6.07) is 10.8. The molecule has 0 saturated carbocycles. The van der Waals surface area contributed by atoms with Crippen molar-refractivity contribution in [3.63, 3.8) is 0 Å². The number of methoxy groups -OCH3 is 1. The first-order valence-corrected chi connectivity index (χ1v) is 6.89. The molecule has 5 nitrogen and oxygen atoms in total. The Balaban J connectivity index is 2.06. The molecule has 1 amide bonds. The second-order valence-corrected chi connectivity index (χ2v) is 4.51. The predicted octanol–water partition coefficient (Wildman–Crippen LogP) is 3.16. The number of nitrogens with one attached hydrogen (secondary N) is 2. The zero-order chi connectivity index (χ0) is 15.1. The summed E-state index contributed by atoms with van der Waals surface area (Å²) in [7, 11) is 1.57. The molecule has 21 heavy (non-hydrogen) atoms. The highest BCUT2D eigenvalue weighted by Crippen LogP contribution is 2.23. The second kappa shape index (κ2) is 7.28. The Hall–Kier alpha value is -2.56. The highest BCUT2D eigenvalue weighted by molar-refractivity contribution is 6.04. The number of amides is 1. The van der Waals surface area contributed by atoms with Crippen LogP contribution in [0.2, 0.25) is 0 Å². The number of anilines is 2. The fourth-order valence-electron chi connectivity index (χ4n) is 1.83. The number of hydrogen-bond donors (Lipinski definition) is 2. The highest BCUT2D eigenvalue weighted by atomic mass is 16.5. The van der Waals surface area contributed by atoms with Gasteiger partial charge in [0.15, 0.2) is 0 Å². The van der Waals surface area contributed by atoms with E-state index in [0.717, 1.165) is 18.8 Å². The zero-order valence-electron chi connectivity index (χ0n) is 12.2. The van der Waals surface area contributed by atoms with Gasteiger partial charge in [-0.05, 0) is 30.7 Å². The van der Waals surface area contributed by atoms with E-state index in [0.29, 0.717) is 17.0 Å². The van der Waals surface area contributed by atoms with Gasteiger partial charge in [-0.3, -0.25) is 4.79 Å². The van der Waals surface area contributed by atoms with E-state index in [4.69, 9.17) is 4.74 Å². The average molecular weight is 285 g/mol. The summed E-state index contributed by atoms with van der Waals surface area (Å²) in [5, 5.41) is 5.98. The molecule has 5 heteroatoms. The van der Waals surface area contributed by atoms with Gasteiger partial charge in [-0.15, -0.1) is 0 Å². The van der Waals surface area contributed by atoms with Crippen molar-refractivity contribution >= 4 is 17.4 Å². The molecule has 1 aromatic heterocycles. The van der Waals surface area contributed by atoms with Crippen LogP contribution < -0.4 is 15.4 Å². The molecule has 2 N–H and O–H groups in total. The summed E-state index contributed by atoms with van der Waals surface area (Å²) in [5.41, 5.74) is 1.14. The Morgan fingerprint density at radius 1 is 1.24 bits per heavy atom. The molecule has 0 aliphatic carbocycles. The number of para-hydroxylation sites is 2. The van der Waals surface area contributed by atoms with Crippen molar-refractivity contribution in [2.75, 3.05) is 24.3 Å². The Morgan fingerprint density at radius 2 is 2.05 bits per heavy atom. The topological polar surface area (TPSA) is 63.2 Å². The normalized spacial score (nSPS) is 10.0. The molecule has 1 aromatic carbocycles. The lowest BCUT2D eigenvalue weighted by molar-refractivity contribution is 0.102. The summed E-state index contributed by atoms with van der Waals surface area (Å²) in [4.78, 5) is 16.4. The molecule has 0 bridgehead atoms. The van der Waals surface area contributed by atoms with E-state index in [2.05, 4.69) is 22.5 Å². The molecular formula is C16H19N3O2. The van der Waals surface area contributed by atoms with E-state index >= 15 is 0 Å². The minimum Gasteiger partial charge on any atom is -0.495 e. The number of pyridine rings is 1. The van der Waals surface area contributed by atoms with Gasteiger partial charge in [-0.2, -0.15) is 0 Å². The number of nitrogens with zero attached hydrogens (tertiary/aromatic N) is 1. The van der Waals surface area contributed by atoms with Gasteiger partial charge in [0.2, 0.25) is 0 Å². The Kier molecular flexibility index (Phi) is 5.15. The molecule has 0 unspecified atom stereocenters. The lowest BCUT2D eigenvalue weighted by Gasteiger charge is -2.10. The van der Waals surface area contributed by atoms with Crippen LogP contribution >= 0.6 is 0 Å². The van der Waals surface area contributed by atoms with Crippen LogP contribution in [0.5, 0.6) is 5.75 Å². The SMILES string of the molecule is CCCNc1ccc(C(=O)Nc2ccccc2OC)cn1. The average Bonchev–Trinajstić information content (AvgIpc) is 2.54. The molecule has 0 saturated heterocycles. The van der Waals surface area contributed by atoms with Gasteiger partial charge >= 0.3 is 0 Å². The van der Waals surface area contributed by atoms with Crippen molar-refractivity contribution < 1.29 is 9.53 Å². The van der Waals surface area contributed by atoms with Crippen LogP contribution in [-0.2, 0) is 0 Å². The van der Waals surface area contributed by atoms with E-state index in [-0.39, 0.29) is 5.91 Å². The van der Waals surface area contributed by atoms with Gasteiger partial charge in [0.25, 0.3) is 5.91 Å². The molecule has 0 spiro atoms. The van der Waals surface area contributed by atoms with E-state index in [1.54, 1.807) is 37.6 Å². The number of carbonyl (C=O) groups excluding carboxylic acids is 1. The van der Waals surface area contributed by atoms with Crippen molar-refractivity contribution in [1.29, 1.82) is 0 Å². The first-order chi connectivity index (χ1) is 10.2. The first kappa shape index (κ1) is 14.8. The predicted molar refractivity (Wildman–Crippen MR) is 84.0 cm³/mol. The third-order valence-electron chi connectivity index (χ3n) is 2.94. The number of aromatic nitrogens is 1. The van der Waals surface area contributed by atoms with Crippen molar-refractivity contribution in [2.24, 2.45) is 0 Å². The first-order valence-electron chi connectivity index (χ1n) is 6.89. The molecule has 0 aliphatic heterocycles. The minimum absolute atomic E-state index is 0.214. The van der Waals surface area contributed by atoms with Crippen molar-refractivity contribution in [1.82, 2.24) is 4.98 Å². The summed E-state index contributed by atoms with van der Waals surface area (Å²) in [6.45, 7) is 2.95. The van der Waals surface area contributed by atoms with Gasteiger partial charge < -0.3 is 15.4 Å². The largest absolute Gasteiger partial charge is 0.495 e. The summed E-state index contributed by atoms with van der Waals surface area (Å²) >= 11 is 0. The van der Waals surface area contributed by atoms with Crippen LogP contribution in [0.15, 0.2) is 42.6 Å². The molecule has 0 fully saturated rings. The van der Waals surface area contributed by atoms with Crippen LogP contribution in [0.25, 0.3) is 0 Å². The summed E-state index contributed by atoms with van der Waals surface area (Å²) in [5.74, 6) is 1.18. The molecule has 0 atom stereocenters. The molecule has 2 aromatic rings. The highest BCUT2D eigenvalue weighted by Gasteiger charge is 2.09. The van der Waals surface area contributed by atoms with E-state index < -0.39 is 0 Å². The molecule has 0 aliphatic rings. The number of benzene rings is 1. The van der Waals surface area contributed by atoms with Gasteiger partial charge in [0.05, 0.1) is 18.4 Å². The van der Waals surface area contributed by atoms with Gasteiger partial charge in [0, 0.05) is 12.7 Å². The van der Waals surface area contributed by atoms with E-state index in [1.165, 1.54) is 0 Å². The van der Waals surface area contributed by atoms with Crippen LogP contribution in [0, 0.1) is 0 Å². The Labute approximate surface area is 124 Å². The van der Waals surface area contributed by atoms with Crippen molar-refractivity contribution in [3.05, 3.63) is 48.2 Å². The van der Waals surface area contributed by atoms with E-state index in [1.807, 2.05) is 12.1 Å². The Bertz CT molecular complexity index is 597. The van der Waals surface area contributed by atoms with Crippen LogP contribution in [0.3, 0.4) is 0 Å². The molecule has 1 heterocycles. The third-order valence-corrected chi connectivity index (χ3v) is 2.94. The van der Waals surface area contributed by atoms with Gasteiger partial charge in [0.1, 0.15) is 11.6 Å². The molecule has 2 rings (SSSR count). The van der Waals surface area contributed by atoms with Crippen molar-refractivity contribution in [2.45, 2.75) is 13.3 Å². The Morgan fingerprint density at radius 3 is 2.71 bits per heavy atom. The van der Waals surface area contributed by atoms with Crippen molar-refractivity contribution in [3.8, 4) is 5.75 Å². The standard InChI is InChI=1S/C16H19N3O2/c1-3-10-17-15-9-8-12(11-18-15)16(20)19-13-6-4-5-7-14(13)21-2/h4-9,11H,3,10H2,1-2H3,(H,17,18)(H,19,20). The third kappa shape index (κ3) is 3.95. The van der Waals surface area contributed by atoms with E-state index in [9.17, 15) is 4.79 Å². The lowest BCUT2D eigenvalue weighted by Crippen LogP contribution is -2.13. The summed E-state index contributed by atoms with van der Waals surface area (Å²) < 4.78 is 5.21. The maximum atomic E-state index is 12.2. The number of hydrogen-bond acceptors (Lipinski definition) is 4. The maximum absolute atomic E-state index is 12.2. The minimum atomic E-state index is -0.214. The van der Waals surface area contributed by atoms with Gasteiger partial charge in [-0.25, -0.2) is 4.98 Å². The van der Waals surface area contributed by atoms with Crippen LogP contribution in [-0.4, -0.2) is 24.5 Å². The van der Waals surface area contributed by atoms with Crippen LogP contribution in [0.1, 0.15) is 23.7 Å². The zero-order valence-corrected chi connectivity index (χ0v) is 12.2.